The SMILES string of the molecule is C.CCOC(=O)c1cc2occc2n1COC(=O)[C@H](C)NC(=O)[C@H](C)N. The van der Waals surface area contributed by atoms with Crippen LogP contribution in [0.5, 0.6) is 0 Å². The first-order valence-electron chi connectivity index (χ1n) is 7.81. The second kappa shape index (κ2) is 9.04. The van der Waals surface area contributed by atoms with E-state index in [1.54, 1.807) is 13.0 Å². The van der Waals surface area contributed by atoms with Gasteiger partial charge in [0, 0.05) is 12.1 Å². The minimum atomic E-state index is -0.875. The van der Waals surface area contributed by atoms with Gasteiger partial charge in [-0.15, -0.1) is 0 Å². The number of ether oxygens (including phenoxy) is 2. The van der Waals surface area contributed by atoms with E-state index in [1.807, 2.05) is 0 Å². The molecule has 0 spiro atoms. The largest absolute Gasteiger partial charge is 0.463 e. The predicted octanol–water partition coefficient (Wildman–Crippen LogP) is 1.40. The van der Waals surface area contributed by atoms with E-state index in [0.717, 1.165) is 0 Å². The Labute approximate surface area is 151 Å². The van der Waals surface area contributed by atoms with Gasteiger partial charge in [-0.3, -0.25) is 9.36 Å². The van der Waals surface area contributed by atoms with Gasteiger partial charge in [0.15, 0.2) is 12.3 Å². The number of carbonyl (C=O) groups excluding carboxylic acids is 3. The van der Waals surface area contributed by atoms with Gasteiger partial charge in [0.1, 0.15) is 11.7 Å². The summed E-state index contributed by atoms with van der Waals surface area (Å²) in [6.45, 7) is 4.67. The third kappa shape index (κ3) is 4.63. The molecule has 2 aromatic rings. The molecule has 144 valence electrons. The van der Waals surface area contributed by atoms with E-state index in [1.165, 1.54) is 30.7 Å². The average molecular weight is 367 g/mol. The Hall–Kier alpha value is -2.81. The first-order chi connectivity index (χ1) is 11.8. The van der Waals surface area contributed by atoms with E-state index < -0.39 is 29.9 Å². The molecule has 3 N–H and O–H groups in total. The number of aromatic nitrogens is 1. The molecule has 0 unspecified atom stereocenters. The van der Waals surface area contributed by atoms with E-state index in [2.05, 4.69) is 5.32 Å². The van der Waals surface area contributed by atoms with Gasteiger partial charge in [0.05, 0.1) is 24.4 Å². The van der Waals surface area contributed by atoms with Crippen molar-refractivity contribution in [2.24, 2.45) is 5.73 Å². The Morgan fingerprint density at radius 3 is 2.62 bits per heavy atom. The molecule has 0 aliphatic heterocycles. The van der Waals surface area contributed by atoms with Crippen molar-refractivity contribution < 1.29 is 28.3 Å². The molecule has 9 nitrogen and oxygen atoms in total. The number of nitrogens with two attached hydrogens (primary N) is 1. The molecule has 0 saturated carbocycles. The van der Waals surface area contributed by atoms with Gasteiger partial charge in [-0.05, 0) is 20.8 Å². The summed E-state index contributed by atoms with van der Waals surface area (Å²) in [7, 11) is 0. The molecule has 2 heterocycles. The molecule has 2 aromatic heterocycles. The summed E-state index contributed by atoms with van der Waals surface area (Å²) in [5, 5.41) is 2.44. The lowest BCUT2D eigenvalue weighted by molar-refractivity contribution is -0.151. The van der Waals surface area contributed by atoms with Crippen LogP contribution in [-0.2, 0) is 25.8 Å². The first kappa shape index (κ1) is 21.2. The minimum absolute atomic E-state index is 0. The van der Waals surface area contributed by atoms with Gasteiger partial charge in [0.25, 0.3) is 0 Å². The van der Waals surface area contributed by atoms with Crippen LogP contribution in [0.25, 0.3) is 11.1 Å². The van der Waals surface area contributed by atoms with Gasteiger partial charge in [-0.1, -0.05) is 7.43 Å². The van der Waals surface area contributed by atoms with Crippen molar-refractivity contribution in [1.29, 1.82) is 0 Å². The standard InChI is InChI=1S/C16H21N3O6.CH4/c1-4-23-16(22)12-7-13-11(5-6-24-13)19(12)8-25-15(21)10(3)18-14(20)9(2)17;/h5-7,9-10H,4,8,17H2,1-3H3,(H,18,20);1H4/t9-,10-;/m0./s1. The van der Waals surface area contributed by atoms with E-state index in [-0.39, 0.29) is 26.5 Å². The Balaban J connectivity index is 0.00000338. The fourth-order valence-electron chi connectivity index (χ4n) is 2.15. The monoisotopic (exact) mass is 367 g/mol. The Morgan fingerprint density at radius 2 is 2.00 bits per heavy atom. The molecule has 0 bridgehead atoms. The number of esters is 2. The summed E-state index contributed by atoms with van der Waals surface area (Å²) in [6.07, 6.45) is 1.46. The van der Waals surface area contributed by atoms with Crippen molar-refractivity contribution in [1.82, 2.24) is 9.88 Å². The van der Waals surface area contributed by atoms with Crippen LogP contribution in [0.1, 0.15) is 38.7 Å². The second-order valence-corrected chi connectivity index (χ2v) is 5.46. The lowest BCUT2D eigenvalue weighted by atomic mass is 10.3. The molecule has 1 amide bonds. The maximum Gasteiger partial charge on any atom is 0.355 e. The molecular formula is C17H25N3O6. The number of rotatable bonds is 7. The summed E-state index contributed by atoms with van der Waals surface area (Å²) in [5.74, 6) is -1.67. The normalized spacial score (nSPS) is 12.8. The highest BCUT2D eigenvalue weighted by molar-refractivity contribution is 5.94. The van der Waals surface area contributed by atoms with Crippen molar-refractivity contribution in [2.45, 2.75) is 47.0 Å². The molecule has 0 radical (unpaired) electrons. The third-order valence-electron chi connectivity index (χ3n) is 3.47. The van der Waals surface area contributed by atoms with Gasteiger partial charge in [-0.25, -0.2) is 9.59 Å². The molecule has 2 rings (SSSR count). The Bertz CT molecular complexity index is 777. The Kier molecular flexibility index (Phi) is 7.39. The number of hydrogen-bond acceptors (Lipinski definition) is 7. The summed E-state index contributed by atoms with van der Waals surface area (Å²) in [4.78, 5) is 35.6. The lowest BCUT2D eigenvalue weighted by Crippen LogP contribution is -2.46. The zero-order chi connectivity index (χ0) is 18.6. The zero-order valence-electron chi connectivity index (χ0n) is 14.3. The number of hydrogen-bond donors (Lipinski definition) is 2. The van der Waals surface area contributed by atoms with Gasteiger partial charge >= 0.3 is 11.9 Å². The molecular weight excluding hydrogens is 342 g/mol. The Morgan fingerprint density at radius 1 is 1.31 bits per heavy atom. The fourth-order valence-corrected chi connectivity index (χ4v) is 2.15. The van der Waals surface area contributed by atoms with Crippen molar-refractivity contribution in [3.63, 3.8) is 0 Å². The van der Waals surface area contributed by atoms with Crippen LogP contribution >= 0.6 is 0 Å². The van der Waals surface area contributed by atoms with Crippen LogP contribution in [0.2, 0.25) is 0 Å². The third-order valence-corrected chi connectivity index (χ3v) is 3.47. The predicted molar refractivity (Wildman–Crippen MR) is 94.2 cm³/mol. The number of fused-ring (bicyclic) bond motifs is 1. The van der Waals surface area contributed by atoms with Crippen molar-refractivity contribution >= 4 is 28.9 Å². The molecule has 0 saturated heterocycles. The van der Waals surface area contributed by atoms with Crippen LogP contribution < -0.4 is 11.1 Å². The molecule has 0 aliphatic rings. The molecule has 0 aliphatic carbocycles. The van der Waals surface area contributed by atoms with Crippen molar-refractivity contribution in [3.8, 4) is 0 Å². The highest BCUT2D eigenvalue weighted by Gasteiger charge is 2.22. The van der Waals surface area contributed by atoms with Gasteiger partial charge < -0.3 is 24.9 Å². The smallest absolute Gasteiger partial charge is 0.355 e. The molecule has 2 atom stereocenters. The summed E-state index contributed by atoms with van der Waals surface area (Å²) < 4.78 is 16.9. The van der Waals surface area contributed by atoms with E-state index in [9.17, 15) is 14.4 Å². The summed E-state index contributed by atoms with van der Waals surface area (Å²) in [5.41, 5.74) is 6.70. The topological polar surface area (TPSA) is 126 Å². The number of carbonyl (C=O) groups is 3. The molecule has 0 fully saturated rings. The minimum Gasteiger partial charge on any atom is -0.463 e. The van der Waals surface area contributed by atoms with Crippen LogP contribution in [0.3, 0.4) is 0 Å². The second-order valence-electron chi connectivity index (χ2n) is 5.46. The van der Waals surface area contributed by atoms with Crippen molar-refractivity contribution in [3.05, 3.63) is 24.1 Å². The van der Waals surface area contributed by atoms with Crippen molar-refractivity contribution in [2.75, 3.05) is 6.61 Å². The van der Waals surface area contributed by atoms with E-state index in [4.69, 9.17) is 19.6 Å². The van der Waals surface area contributed by atoms with Crippen LogP contribution in [-0.4, -0.2) is 41.1 Å². The summed E-state index contributed by atoms with van der Waals surface area (Å²) in [6, 6.07) is 1.55. The van der Waals surface area contributed by atoms with Crippen LogP contribution in [0.4, 0.5) is 0 Å². The van der Waals surface area contributed by atoms with Crippen LogP contribution in [0.15, 0.2) is 22.8 Å². The van der Waals surface area contributed by atoms with E-state index in [0.29, 0.717) is 11.1 Å². The van der Waals surface area contributed by atoms with Gasteiger partial charge in [-0.2, -0.15) is 0 Å². The fraction of sp³-hybridized carbons (Fsp3) is 0.471. The quantitative estimate of drug-likeness (QED) is 0.708. The van der Waals surface area contributed by atoms with Crippen LogP contribution in [0, 0.1) is 0 Å². The van der Waals surface area contributed by atoms with E-state index >= 15 is 0 Å². The maximum atomic E-state index is 12.0. The molecule has 9 heteroatoms. The highest BCUT2D eigenvalue weighted by Crippen LogP contribution is 2.22. The first-order valence-corrected chi connectivity index (χ1v) is 7.81. The number of nitrogens with one attached hydrogen (secondary N) is 1. The zero-order valence-corrected chi connectivity index (χ0v) is 14.3. The number of amides is 1. The number of furan rings is 1. The highest BCUT2D eigenvalue weighted by atomic mass is 16.5. The lowest BCUT2D eigenvalue weighted by Gasteiger charge is -2.16. The molecule has 0 aromatic carbocycles. The summed E-state index contributed by atoms with van der Waals surface area (Å²) >= 11 is 0. The average Bonchev–Trinajstić information content (AvgIpc) is 3.13. The maximum absolute atomic E-state index is 12.0. The molecule has 26 heavy (non-hydrogen) atoms. The van der Waals surface area contributed by atoms with Gasteiger partial charge in [0.2, 0.25) is 5.91 Å². The number of nitrogens with zero attached hydrogens (tertiary/aromatic N) is 1.